The zero-order valence-corrected chi connectivity index (χ0v) is 9.53. The third-order valence-corrected chi connectivity index (χ3v) is 2.41. The highest BCUT2D eigenvalue weighted by atomic mass is 16.5. The molecule has 5 nitrogen and oxygen atoms in total. The number of carbonyl (C=O) groups is 1. The number of aliphatic hydroxyl groups is 1. The Balaban J connectivity index is 2.60. The maximum Gasteiger partial charge on any atom is 0.374 e. The molecular formula is C11H17NO4. The van der Waals surface area contributed by atoms with E-state index < -0.39 is 5.97 Å². The molecule has 16 heavy (non-hydrogen) atoms. The van der Waals surface area contributed by atoms with Crippen molar-refractivity contribution in [1.82, 2.24) is 5.32 Å². The molecule has 2 N–H and O–H groups in total. The van der Waals surface area contributed by atoms with Crippen LogP contribution in [0.25, 0.3) is 0 Å². The van der Waals surface area contributed by atoms with Crippen LogP contribution in [-0.2, 0) is 11.3 Å². The molecule has 0 radical (unpaired) electrons. The molecule has 0 amide bonds. The van der Waals surface area contributed by atoms with Crippen molar-refractivity contribution in [3.8, 4) is 0 Å². The molecule has 1 aromatic rings. The highest BCUT2D eigenvalue weighted by molar-refractivity contribution is 5.87. The van der Waals surface area contributed by atoms with Crippen LogP contribution in [0.15, 0.2) is 16.7 Å². The fraction of sp³-hybridized carbons (Fsp3) is 0.545. The van der Waals surface area contributed by atoms with Gasteiger partial charge in [0.25, 0.3) is 0 Å². The fourth-order valence-corrected chi connectivity index (χ4v) is 1.34. The first-order valence-electron chi connectivity index (χ1n) is 5.21. The number of aliphatic hydroxyl groups excluding tert-OH is 1. The van der Waals surface area contributed by atoms with E-state index in [0.717, 1.165) is 12.0 Å². The van der Waals surface area contributed by atoms with Gasteiger partial charge in [-0.25, -0.2) is 4.79 Å². The van der Waals surface area contributed by atoms with Gasteiger partial charge in [-0.2, -0.15) is 0 Å². The molecule has 0 aliphatic carbocycles. The van der Waals surface area contributed by atoms with E-state index in [1.54, 1.807) is 6.07 Å². The second-order valence-electron chi connectivity index (χ2n) is 3.44. The van der Waals surface area contributed by atoms with Crippen LogP contribution in [0.4, 0.5) is 0 Å². The van der Waals surface area contributed by atoms with Crippen molar-refractivity contribution in [3.63, 3.8) is 0 Å². The van der Waals surface area contributed by atoms with Crippen molar-refractivity contribution in [2.24, 2.45) is 0 Å². The predicted octanol–water partition coefficient (Wildman–Crippen LogP) is 0.927. The Labute approximate surface area is 94.4 Å². The average molecular weight is 227 g/mol. The molecule has 0 aliphatic heterocycles. The van der Waals surface area contributed by atoms with Gasteiger partial charge in [0, 0.05) is 18.2 Å². The average Bonchev–Trinajstić information content (AvgIpc) is 2.77. The first-order chi connectivity index (χ1) is 7.72. The number of carbonyl (C=O) groups excluding carboxylic acids is 1. The van der Waals surface area contributed by atoms with Crippen LogP contribution in [0.5, 0.6) is 0 Å². The van der Waals surface area contributed by atoms with E-state index >= 15 is 0 Å². The molecule has 1 aromatic heterocycles. The summed E-state index contributed by atoms with van der Waals surface area (Å²) in [6, 6.07) is 1.74. The first kappa shape index (κ1) is 12.7. The number of hydrogen-bond acceptors (Lipinski definition) is 5. The summed E-state index contributed by atoms with van der Waals surface area (Å²) in [5.41, 5.74) is 0.735. The molecule has 1 heterocycles. The zero-order valence-electron chi connectivity index (χ0n) is 9.53. The highest BCUT2D eigenvalue weighted by Gasteiger charge is 2.16. The summed E-state index contributed by atoms with van der Waals surface area (Å²) < 4.78 is 9.62. The lowest BCUT2D eigenvalue weighted by Gasteiger charge is -2.13. The summed E-state index contributed by atoms with van der Waals surface area (Å²) in [4.78, 5) is 11.3. The molecule has 5 heteroatoms. The Morgan fingerprint density at radius 3 is 3.00 bits per heavy atom. The molecule has 0 saturated heterocycles. The van der Waals surface area contributed by atoms with Crippen molar-refractivity contribution in [2.45, 2.75) is 25.9 Å². The van der Waals surface area contributed by atoms with E-state index in [9.17, 15) is 4.79 Å². The Kier molecular flexibility index (Phi) is 5.01. The van der Waals surface area contributed by atoms with E-state index in [2.05, 4.69) is 10.1 Å². The Bertz CT molecular complexity index is 330. The van der Waals surface area contributed by atoms with Gasteiger partial charge in [-0.05, 0) is 12.5 Å². The van der Waals surface area contributed by atoms with Crippen LogP contribution in [0.3, 0.4) is 0 Å². The van der Waals surface area contributed by atoms with Gasteiger partial charge in [0.05, 0.1) is 20.0 Å². The second-order valence-corrected chi connectivity index (χ2v) is 3.44. The topological polar surface area (TPSA) is 71.7 Å². The molecule has 0 bridgehead atoms. The van der Waals surface area contributed by atoms with E-state index in [0.29, 0.717) is 6.54 Å². The molecular weight excluding hydrogens is 210 g/mol. The quantitative estimate of drug-likeness (QED) is 0.707. The van der Waals surface area contributed by atoms with E-state index in [-0.39, 0.29) is 18.4 Å². The maximum atomic E-state index is 11.3. The van der Waals surface area contributed by atoms with Crippen molar-refractivity contribution in [1.29, 1.82) is 0 Å². The first-order valence-corrected chi connectivity index (χ1v) is 5.21. The lowest BCUT2D eigenvalue weighted by atomic mass is 10.2. The second kappa shape index (κ2) is 6.30. The zero-order chi connectivity index (χ0) is 12.0. The molecule has 0 spiro atoms. The Morgan fingerprint density at radius 2 is 2.44 bits per heavy atom. The van der Waals surface area contributed by atoms with Crippen LogP contribution in [0.1, 0.15) is 29.5 Å². The minimum atomic E-state index is -0.487. The molecule has 0 fully saturated rings. The molecule has 0 aromatic carbocycles. The van der Waals surface area contributed by atoms with Crippen LogP contribution in [-0.4, -0.2) is 30.8 Å². The third kappa shape index (κ3) is 3.08. The summed E-state index contributed by atoms with van der Waals surface area (Å²) in [6.07, 6.45) is 2.27. The predicted molar refractivity (Wildman–Crippen MR) is 58.1 cm³/mol. The van der Waals surface area contributed by atoms with E-state index in [4.69, 9.17) is 9.52 Å². The molecule has 1 unspecified atom stereocenters. The van der Waals surface area contributed by atoms with Crippen LogP contribution in [0, 0.1) is 0 Å². The van der Waals surface area contributed by atoms with Gasteiger partial charge in [-0.3, -0.25) is 0 Å². The van der Waals surface area contributed by atoms with Crippen LogP contribution in [0.2, 0.25) is 0 Å². The summed E-state index contributed by atoms with van der Waals surface area (Å²) in [5, 5.41) is 12.1. The molecule has 1 atom stereocenters. The van der Waals surface area contributed by atoms with E-state index in [1.807, 2.05) is 6.92 Å². The maximum absolute atomic E-state index is 11.3. The van der Waals surface area contributed by atoms with Gasteiger partial charge in [-0.1, -0.05) is 6.92 Å². The summed E-state index contributed by atoms with van der Waals surface area (Å²) in [6.45, 7) is 2.52. The van der Waals surface area contributed by atoms with Gasteiger partial charge in [0.2, 0.25) is 5.76 Å². The number of esters is 1. The van der Waals surface area contributed by atoms with Gasteiger partial charge in [0.1, 0.15) is 0 Å². The minimum absolute atomic E-state index is 0.0281. The summed E-state index contributed by atoms with van der Waals surface area (Å²) in [7, 11) is 1.31. The number of rotatable bonds is 6. The molecule has 90 valence electrons. The lowest BCUT2D eigenvalue weighted by Crippen LogP contribution is -2.31. The van der Waals surface area contributed by atoms with Crippen molar-refractivity contribution >= 4 is 5.97 Å². The minimum Gasteiger partial charge on any atom is -0.463 e. The molecule has 1 rings (SSSR count). The van der Waals surface area contributed by atoms with Gasteiger partial charge < -0.3 is 19.6 Å². The van der Waals surface area contributed by atoms with Gasteiger partial charge >= 0.3 is 5.97 Å². The van der Waals surface area contributed by atoms with Crippen LogP contribution >= 0.6 is 0 Å². The van der Waals surface area contributed by atoms with Gasteiger partial charge in [0.15, 0.2) is 0 Å². The summed E-state index contributed by atoms with van der Waals surface area (Å²) >= 11 is 0. The number of hydrogen-bond donors (Lipinski definition) is 2. The Hall–Kier alpha value is -1.33. The Morgan fingerprint density at radius 1 is 1.69 bits per heavy atom. The largest absolute Gasteiger partial charge is 0.463 e. The van der Waals surface area contributed by atoms with Gasteiger partial charge in [-0.15, -0.1) is 0 Å². The third-order valence-electron chi connectivity index (χ3n) is 2.41. The lowest BCUT2D eigenvalue weighted by molar-refractivity contribution is 0.0563. The van der Waals surface area contributed by atoms with Crippen molar-refractivity contribution < 1.29 is 19.1 Å². The summed E-state index contributed by atoms with van der Waals surface area (Å²) in [5.74, 6) is -0.276. The number of furan rings is 1. The number of methoxy groups -OCH3 is 1. The SMILES string of the molecule is CCC(CO)NCc1ccoc1C(=O)OC. The molecule has 0 saturated carbocycles. The normalized spacial score (nSPS) is 12.4. The van der Waals surface area contributed by atoms with Crippen molar-refractivity contribution in [3.05, 3.63) is 23.7 Å². The highest BCUT2D eigenvalue weighted by Crippen LogP contribution is 2.11. The standard InChI is InChI=1S/C11H17NO4/c1-3-9(7-13)12-6-8-4-5-16-10(8)11(14)15-2/h4-5,9,12-13H,3,6-7H2,1-2H3. The van der Waals surface area contributed by atoms with Crippen molar-refractivity contribution in [2.75, 3.05) is 13.7 Å². The number of ether oxygens (including phenoxy) is 1. The van der Waals surface area contributed by atoms with Crippen LogP contribution < -0.4 is 5.32 Å². The number of nitrogens with one attached hydrogen (secondary N) is 1. The molecule has 0 aliphatic rings. The fourth-order valence-electron chi connectivity index (χ4n) is 1.34. The monoisotopic (exact) mass is 227 g/mol. The smallest absolute Gasteiger partial charge is 0.374 e. The van der Waals surface area contributed by atoms with E-state index in [1.165, 1.54) is 13.4 Å².